The molecule has 0 saturated heterocycles. The smallest absolute Gasteiger partial charge is 0.162 e. The molecule has 2 rings (SSSR count). The van der Waals surface area contributed by atoms with Crippen molar-refractivity contribution in [3.8, 4) is 11.5 Å². The molecular formula is C8H8NO2. The summed E-state index contributed by atoms with van der Waals surface area (Å²) in [6.07, 6.45) is 0.732. The van der Waals surface area contributed by atoms with Gasteiger partial charge in [0.15, 0.2) is 11.5 Å². The molecule has 0 aromatic heterocycles. The lowest BCUT2D eigenvalue weighted by atomic mass is 10.1. The molecule has 1 heterocycles. The van der Waals surface area contributed by atoms with E-state index in [1.165, 1.54) is 6.07 Å². The average Bonchev–Trinajstić information content (AvgIpc) is 2.45. The zero-order chi connectivity index (χ0) is 7.84. The molecule has 1 aliphatic heterocycles. The number of benzene rings is 1. The van der Waals surface area contributed by atoms with Crippen LogP contribution in [0.5, 0.6) is 11.5 Å². The molecule has 57 valence electrons. The van der Waals surface area contributed by atoms with Gasteiger partial charge in [0.2, 0.25) is 0 Å². The molecule has 0 fully saturated rings. The van der Waals surface area contributed by atoms with Gasteiger partial charge in [0.1, 0.15) is 0 Å². The van der Waals surface area contributed by atoms with Crippen LogP contribution < -0.4 is 5.32 Å². The van der Waals surface area contributed by atoms with Gasteiger partial charge in [-0.1, -0.05) is 0 Å². The summed E-state index contributed by atoms with van der Waals surface area (Å²) in [4.78, 5) is 0. The highest BCUT2D eigenvalue weighted by atomic mass is 16.3. The first-order valence-electron chi connectivity index (χ1n) is 3.50. The Labute approximate surface area is 64.3 Å². The molecule has 1 aromatic rings. The summed E-state index contributed by atoms with van der Waals surface area (Å²) in [5.41, 5.74) is 1.57. The zero-order valence-corrected chi connectivity index (χ0v) is 5.91. The number of fused-ring (bicyclic) bond motifs is 1. The standard InChI is InChI=1S/C8H8NO2/c10-7-2-1-6-5(8(7)11)3-4-9-6/h1-2,10-11H,3-4H2. The molecule has 1 aliphatic rings. The summed E-state index contributed by atoms with van der Waals surface area (Å²) in [6, 6.07) is 3.18. The Morgan fingerprint density at radius 2 is 2.09 bits per heavy atom. The maximum absolute atomic E-state index is 9.31. The van der Waals surface area contributed by atoms with Gasteiger partial charge in [-0.3, -0.25) is 5.32 Å². The largest absolute Gasteiger partial charge is 0.504 e. The Hall–Kier alpha value is -1.38. The van der Waals surface area contributed by atoms with E-state index in [9.17, 15) is 5.11 Å². The maximum Gasteiger partial charge on any atom is 0.162 e. The molecule has 1 radical (unpaired) electrons. The Kier molecular flexibility index (Phi) is 1.18. The highest BCUT2D eigenvalue weighted by Crippen LogP contribution is 2.36. The van der Waals surface area contributed by atoms with Crippen LogP contribution in [0.1, 0.15) is 5.56 Å². The minimum atomic E-state index is -0.0548. The van der Waals surface area contributed by atoms with Gasteiger partial charge < -0.3 is 10.2 Å². The van der Waals surface area contributed by atoms with Crippen LogP contribution in [0.25, 0.3) is 0 Å². The number of rotatable bonds is 0. The van der Waals surface area contributed by atoms with Crippen molar-refractivity contribution in [3.05, 3.63) is 17.7 Å². The molecule has 0 atom stereocenters. The monoisotopic (exact) mass is 150 g/mol. The molecular weight excluding hydrogens is 142 g/mol. The molecule has 3 heteroatoms. The lowest BCUT2D eigenvalue weighted by Gasteiger charge is -2.01. The molecule has 3 nitrogen and oxygen atoms in total. The second-order valence-electron chi connectivity index (χ2n) is 2.56. The fraction of sp³-hybridized carbons (Fsp3) is 0.250. The van der Waals surface area contributed by atoms with Crippen LogP contribution in [0.4, 0.5) is 5.69 Å². The lowest BCUT2D eigenvalue weighted by molar-refractivity contribution is 0.401. The van der Waals surface area contributed by atoms with Crippen LogP contribution >= 0.6 is 0 Å². The Morgan fingerprint density at radius 3 is 2.91 bits per heavy atom. The second-order valence-corrected chi connectivity index (χ2v) is 2.56. The van der Waals surface area contributed by atoms with Crippen molar-refractivity contribution in [2.75, 3.05) is 6.54 Å². The maximum atomic E-state index is 9.31. The average molecular weight is 150 g/mol. The van der Waals surface area contributed by atoms with E-state index >= 15 is 0 Å². The van der Waals surface area contributed by atoms with Gasteiger partial charge in [0.25, 0.3) is 0 Å². The molecule has 0 saturated carbocycles. The third-order valence-electron chi connectivity index (χ3n) is 1.88. The molecule has 2 N–H and O–H groups in total. The first kappa shape index (κ1) is 6.34. The van der Waals surface area contributed by atoms with Crippen LogP contribution in [-0.4, -0.2) is 16.8 Å². The van der Waals surface area contributed by atoms with Crippen molar-refractivity contribution in [1.29, 1.82) is 0 Å². The topological polar surface area (TPSA) is 54.6 Å². The van der Waals surface area contributed by atoms with E-state index in [0.717, 1.165) is 17.7 Å². The van der Waals surface area contributed by atoms with E-state index in [1.54, 1.807) is 6.07 Å². The second kappa shape index (κ2) is 2.05. The number of phenols is 2. The van der Waals surface area contributed by atoms with Gasteiger partial charge >= 0.3 is 0 Å². The molecule has 1 aromatic carbocycles. The van der Waals surface area contributed by atoms with E-state index in [-0.39, 0.29) is 11.5 Å². The van der Waals surface area contributed by atoms with Gasteiger partial charge in [0, 0.05) is 12.1 Å². The van der Waals surface area contributed by atoms with E-state index in [4.69, 9.17) is 5.11 Å². The van der Waals surface area contributed by atoms with E-state index < -0.39 is 0 Å². The summed E-state index contributed by atoms with van der Waals surface area (Å²) < 4.78 is 0. The minimum absolute atomic E-state index is 0.0104. The fourth-order valence-electron chi connectivity index (χ4n) is 1.30. The molecule has 0 amide bonds. The lowest BCUT2D eigenvalue weighted by Crippen LogP contribution is -1.88. The first-order chi connectivity index (χ1) is 5.29. The third kappa shape index (κ3) is 0.808. The number of nitrogens with zero attached hydrogens (tertiary/aromatic N) is 1. The first-order valence-corrected chi connectivity index (χ1v) is 3.50. The predicted octanol–water partition coefficient (Wildman–Crippen LogP) is 0.890. The minimum Gasteiger partial charge on any atom is -0.504 e. The Morgan fingerprint density at radius 1 is 1.27 bits per heavy atom. The van der Waals surface area contributed by atoms with Gasteiger partial charge in [0.05, 0.1) is 5.69 Å². The highest BCUT2D eigenvalue weighted by Gasteiger charge is 2.17. The quantitative estimate of drug-likeness (QED) is 0.539. The van der Waals surface area contributed by atoms with Crippen LogP contribution in [-0.2, 0) is 6.42 Å². The fourth-order valence-corrected chi connectivity index (χ4v) is 1.30. The van der Waals surface area contributed by atoms with E-state index in [0.29, 0.717) is 6.54 Å². The van der Waals surface area contributed by atoms with Crippen molar-refractivity contribution in [2.45, 2.75) is 6.42 Å². The number of hydrogen-bond acceptors (Lipinski definition) is 2. The molecule has 11 heavy (non-hydrogen) atoms. The van der Waals surface area contributed by atoms with Crippen LogP contribution in [0.3, 0.4) is 0 Å². The van der Waals surface area contributed by atoms with Gasteiger partial charge in [-0.15, -0.1) is 0 Å². The zero-order valence-electron chi connectivity index (χ0n) is 5.91. The van der Waals surface area contributed by atoms with Crippen LogP contribution in [0.2, 0.25) is 0 Å². The van der Waals surface area contributed by atoms with Gasteiger partial charge in [-0.25, -0.2) is 0 Å². The van der Waals surface area contributed by atoms with E-state index in [2.05, 4.69) is 5.32 Å². The number of hydrogen-bond donors (Lipinski definition) is 2. The Bertz CT molecular complexity index is 296. The summed E-state index contributed by atoms with van der Waals surface area (Å²) in [6.45, 7) is 0.715. The molecule has 0 aliphatic carbocycles. The third-order valence-corrected chi connectivity index (χ3v) is 1.88. The van der Waals surface area contributed by atoms with Gasteiger partial charge in [-0.05, 0) is 18.6 Å². The normalized spacial score (nSPS) is 14.2. The SMILES string of the molecule is Oc1ccc2c(c1O)CC[N]2. The summed E-state index contributed by atoms with van der Waals surface area (Å²) in [5, 5.41) is 22.5. The summed E-state index contributed by atoms with van der Waals surface area (Å²) in [7, 11) is 0. The Balaban J connectivity index is 2.62. The summed E-state index contributed by atoms with van der Waals surface area (Å²) in [5.74, 6) is -0.0652. The molecule has 0 unspecified atom stereocenters. The number of phenolic OH excluding ortho intramolecular Hbond substituents is 2. The van der Waals surface area contributed by atoms with Crippen LogP contribution in [0.15, 0.2) is 12.1 Å². The van der Waals surface area contributed by atoms with Crippen molar-refractivity contribution in [1.82, 2.24) is 5.32 Å². The van der Waals surface area contributed by atoms with Crippen molar-refractivity contribution >= 4 is 5.69 Å². The van der Waals surface area contributed by atoms with E-state index in [1.807, 2.05) is 0 Å². The molecule has 0 bridgehead atoms. The van der Waals surface area contributed by atoms with Crippen molar-refractivity contribution in [3.63, 3.8) is 0 Å². The summed E-state index contributed by atoms with van der Waals surface area (Å²) >= 11 is 0. The highest BCUT2D eigenvalue weighted by molar-refractivity contribution is 5.60. The predicted molar refractivity (Wildman–Crippen MR) is 40.1 cm³/mol. The van der Waals surface area contributed by atoms with Crippen molar-refractivity contribution < 1.29 is 10.2 Å². The van der Waals surface area contributed by atoms with Crippen LogP contribution in [0, 0.1) is 0 Å². The molecule has 0 spiro atoms. The number of aromatic hydroxyl groups is 2. The van der Waals surface area contributed by atoms with Gasteiger partial charge in [-0.2, -0.15) is 0 Å². The van der Waals surface area contributed by atoms with Crippen molar-refractivity contribution in [2.24, 2.45) is 0 Å².